The van der Waals surface area contributed by atoms with Gasteiger partial charge in [-0.05, 0) is 98.2 Å². The van der Waals surface area contributed by atoms with Gasteiger partial charge in [0.05, 0.1) is 0 Å². The van der Waals surface area contributed by atoms with Crippen molar-refractivity contribution in [3.63, 3.8) is 0 Å². The van der Waals surface area contributed by atoms with Gasteiger partial charge in [0.15, 0.2) is 0 Å². The van der Waals surface area contributed by atoms with E-state index in [1.54, 1.807) is 0 Å². The van der Waals surface area contributed by atoms with Gasteiger partial charge in [0, 0.05) is 5.97 Å². The summed E-state index contributed by atoms with van der Waals surface area (Å²) in [6.07, 6.45) is 15.5. The van der Waals surface area contributed by atoms with E-state index in [0.29, 0.717) is 11.3 Å². The van der Waals surface area contributed by atoms with Crippen molar-refractivity contribution in [1.29, 1.82) is 0 Å². The van der Waals surface area contributed by atoms with Gasteiger partial charge in [0.1, 0.15) is 0 Å². The molecule has 0 N–H and O–H groups in total. The molecule has 7 atom stereocenters. The van der Waals surface area contributed by atoms with Crippen molar-refractivity contribution in [3.8, 4) is 0 Å². The molecular weight excluding hydrogens is 284 g/mol. The van der Waals surface area contributed by atoms with Crippen LogP contribution in [0.2, 0.25) is 0 Å². The Labute approximate surface area is 140 Å². The zero-order valence-corrected chi connectivity index (χ0v) is 14.7. The number of hydrogen-bond acceptors (Lipinski definition) is 2. The Morgan fingerprint density at radius 2 is 1.83 bits per heavy atom. The molecule has 0 heterocycles. The van der Waals surface area contributed by atoms with Crippen molar-refractivity contribution in [3.05, 3.63) is 12.2 Å². The Hall–Kier alpha value is -0.790. The maximum atomic E-state index is 11.2. The summed E-state index contributed by atoms with van der Waals surface area (Å²) in [6, 6.07) is 0. The molecule has 0 spiro atoms. The lowest BCUT2D eigenvalue weighted by Gasteiger charge is -2.59. The lowest BCUT2D eigenvalue weighted by atomic mass is 9.45. The molecule has 4 rings (SSSR count). The molecule has 0 bridgehead atoms. The number of carbonyl (C=O) groups excluding carboxylic acids is 1. The average Bonchev–Trinajstić information content (AvgIpc) is 2.83. The fourth-order valence-corrected chi connectivity index (χ4v) is 7.47. The highest BCUT2D eigenvalue weighted by molar-refractivity contribution is 5.64. The normalized spacial score (nSPS) is 51.7. The summed E-state index contributed by atoms with van der Waals surface area (Å²) in [5, 5.41) is 11.2. The number of carbonyl (C=O) groups is 1. The third-order valence-electron chi connectivity index (χ3n) is 8.77. The smallest absolute Gasteiger partial charge is 0.0417 e. The number of allylic oxidation sites excluding steroid dienone is 2. The monoisotopic (exact) mass is 315 g/mol. The predicted molar refractivity (Wildman–Crippen MR) is 89.4 cm³/mol. The fourth-order valence-electron chi connectivity index (χ4n) is 7.47. The van der Waals surface area contributed by atoms with Gasteiger partial charge in [0.25, 0.3) is 0 Å². The molecule has 23 heavy (non-hydrogen) atoms. The van der Waals surface area contributed by atoms with Crippen LogP contribution in [0.3, 0.4) is 0 Å². The molecule has 2 heteroatoms. The van der Waals surface area contributed by atoms with E-state index < -0.39 is 5.97 Å². The van der Waals surface area contributed by atoms with Crippen LogP contribution in [0, 0.1) is 40.4 Å². The zero-order valence-electron chi connectivity index (χ0n) is 14.7. The molecule has 0 unspecified atom stereocenters. The Bertz CT molecular complexity index is 524. The van der Waals surface area contributed by atoms with Crippen molar-refractivity contribution in [2.45, 2.75) is 71.6 Å². The van der Waals surface area contributed by atoms with Crippen molar-refractivity contribution in [2.75, 3.05) is 0 Å². The zero-order chi connectivity index (χ0) is 16.2. The minimum atomic E-state index is -0.841. The van der Waals surface area contributed by atoms with Crippen molar-refractivity contribution in [2.24, 2.45) is 40.4 Å². The van der Waals surface area contributed by atoms with E-state index in [2.05, 4.69) is 26.0 Å². The third kappa shape index (κ3) is 2.23. The number of fused-ring (bicyclic) bond motifs is 5. The Morgan fingerprint density at radius 1 is 1.04 bits per heavy atom. The lowest BCUT2D eigenvalue weighted by Crippen LogP contribution is -2.52. The summed E-state index contributed by atoms with van der Waals surface area (Å²) >= 11 is 0. The van der Waals surface area contributed by atoms with Gasteiger partial charge in [-0.25, -0.2) is 0 Å². The van der Waals surface area contributed by atoms with Crippen LogP contribution in [0.25, 0.3) is 0 Å². The van der Waals surface area contributed by atoms with E-state index in [1.807, 2.05) is 0 Å². The van der Waals surface area contributed by atoms with Gasteiger partial charge >= 0.3 is 0 Å². The molecule has 3 fully saturated rings. The minimum absolute atomic E-state index is 0.259. The van der Waals surface area contributed by atoms with Crippen LogP contribution < -0.4 is 5.11 Å². The van der Waals surface area contributed by atoms with Crippen molar-refractivity contribution in [1.82, 2.24) is 0 Å². The molecule has 2 nitrogen and oxygen atoms in total. The molecule has 128 valence electrons. The number of rotatable bonds is 2. The minimum Gasteiger partial charge on any atom is -0.550 e. The first kappa shape index (κ1) is 15.7. The maximum absolute atomic E-state index is 11.2. The summed E-state index contributed by atoms with van der Waals surface area (Å²) in [5.41, 5.74) is 0.764. The topological polar surface area (TPSA) is 40.1 Å². The number of carboxylic acid groups (broad SMARTS) is 1. The molecule has 0 radical (unpaired) electrons. The van der Waals surface area contributed by atoms with Gasteiger partial charge in [-0.15, -0.1) is 0 Å². The summed E-state index contributed by atoms with van der Waals surface area (Å²) < 4.78 is 0. The van der Waals surface area contributed by atoms with Gasteiger partial charge in [-0.3, -0.25) is 0 Å². The summed E-state index contributed by atoms with van der Waals surface area (Å²) in [5.74, 6) is 2.78. The molecule has 0 aromatic rings. The molecule has 0 amide bonds. The van der Waals surface area contributed by atoms with Gasteiger partial charge in [-0.2, -0.15) is 0 Å². The summed E-state index contributed by atoms with van der Waals surface area (Å²) in [7, 11) is 0. The SMILES string of the molecule is C[C@]12CCC=C[C@H]1CC[C@@H]1[C@@H]2CC[C@]2(C)[C@@H](CC(=O)[O-])CC[C@@H]12. The van der Waals surface area contributed by atoms with Gasteiger partial charge in [-0.1, -0.05) is 26.0 Å². The van der Waals surface area contributed by atoms with Crippen LogP contribution in [-0.2, 0) is 4.79 Å². The van der Waals surface area contributed by atoms with E-state index in [-0.39, 0.29) is 11.8 Å². The predicted octanol–water partition coefficient (Wildman–Crippen LogP) is 3.95. The number of hydrogen-bond donors (Lipinski definition) is 0. The van der Waals surface area contributed by atoms with Crippen LogP contribution >= 0.6 is 0 Å². The first-order valence-electron chi connectivity index (χ1n) is 9.81. The van der Waals surface area contributed by atoms with Crippen LogP contribution in [0.4, 0.5) is 0 Å². The first-order chi connectivity index (χ1) is 10.9. The van der Waals surface area contributed by atoms with Crippen molar-refractivity contribution < 1.29 is 9.90 Å². The van der Waals surface area contributed by atoms with Gasteiger partial charge in [0.2, 0.25) is 0 Å². The molecule has 0 aromatic carbocycles. The highest BCUT2D eigenvalue weighted by Crippen LogP contribution is 2.67. The van der Waals surface area contributed by atoms with Crippen LogP contribution in [0.1, 0.15) is 71.6 Å². The van der Waals surface area contributed by atoms with Crippen LogP contribution in [0.15, 0.2) is 12.2 Å². The Balaban J connectivity index is 1.60. The fraction of sp³-hybridized carbons (Fsp3) is 0.857. The summed E-state index contributed by atoms with van der Waals surface area (Å²) in [4.78, 5) is 11.2. The molecular formula is C21H31O2-. The molecule has 3 saturated carbocycles. The quantitative estimate of drug-likeness (QED) is 0.724. The van der Waals surface area contributed by atoms with E-state index in [4.69, 9.17) is 0 Å². The van der Waals surface area contributed by atoms with Crippen molar-refractivity contribution >= 4 is 5.97 Å². The second-order valence-corrected chi connectivity index (χ2v) is 9.43. The van der Waals surface area contributed by atoms with Gasteiger partial charge < -0.3 is 9.90 Å². The standard InChI is InChI=1S/C21H32O2/c1-20-11-4-3-5-14(20)6-8-16-17-9-7-15(13-19(22)23)21(17,2)12-10-18(16)20/h3,5,14-18H,4,6-13H2,1-2H3,(H,22,23)/p-1/t14-,15+,16-,17-,18-,20-,21+/m0/s1. The lowest BCUT2D eigenvalue weighted by molar-refractivity contribution is -0.307. The molecule has 4 aliphatic rings. The first-order valence-corrected chi connectivity index (χ1v) is 9.81. The maximum Gasteiger partial charge on any atom is 0.0417 e. The number of aliphatic carboxylic acids is 1. The Morgan fingerprint density at radius 3 is 2.61 bits per heavy atom. The largest absolute Gasteiger partial charge is 0.550 e. The van der Waals surface area contributed by atoms with E-state index in [9.17, 15) is 9.90 Å². The molecule has 0 saturated heterocycles. The Kier molecular flexibility index (Phi) is 3.66. The van der Waals surface area contributed by atoms with E-state index >= 15 is 0 Å². The van der Waals surface area contributed by atoms with Crippen LogP contribution in [-0.4, -0.2) is 5.97 Å². The second kappa shape index (κ2) is 5.36. The van der Waals surface area contributed by atoms with Crippen LogP contribution in [0.5, 0.6) is 0 Å². The summed E-state index contributed by atoms with van der Waals surface area (Å²) in [6.45, 7) is 4.97. The second-order valence-electron chi connectivity index (χ2n) is 9.43. The van der Waals surface area contributed by atoms with E-state index in [0.717, 1.165) is 30.1 Å². The third-order valence-corrected chi connectivity index (χ3v) is 8.77. The average molecular weight is 315 g/mol. The highest BCUT2D eigenvalue weighted by Gasteiger charge is 2.58. The molecule has 0 aromatic heterocycles. The molecule has 0 aliphatic heterocycles. The van der Waals surface area contributed by atoms with E-state index in [1.165, 1.54) is 44.9 Å². The molecule has 4 aliphatic carbocycles. The highest BCUT2D eigenvalue weighted by atomic mass is 16.4. The number of carboxylic acids is 1.